The molecule has 1 aliphatic carbocycles. The average Bonchev–Trinajstić information content (AvgIpc) is 3.11. The van der Waals surface area contributed by atoms with Crippen LogP contribution in [0.5, 0.6) is 0 Å². The summed E-state index contributed by atoms with van der Waals surface area (Å²) in [5.74, 6) is -0.905. The molecule has 0 saturated heterocycles. The highest BCUT2D eigenvalue weighted by atomic mass is 32.1. The van der Waals surface area contributed by atoms with Crippen molar-refractivity contribution in [2.24, 2.45) is 5.92 Å². The van der Waals surface area contributed by atoms with Crippen LogP contribution in [0.1, 0.15) is 28.9 Å². The fourth-order valence-corrected chi connectivity index (χ4v) is 3.45. The first-order valence-corrected chi connectivity index (χ1v) is 8.56. The summed E-state index contributed by atoms with van der Waals surface area (Å²) < 4.78 is 13.0. The van der Waals surface area contributed by atoms with E-state index in [0.29, 0.717) is 11.3 Å². The van der Waals surface area contributed by atoms with Crippen molar-refractivity contribution in [2.45, 2.75) is 19.3 Å². The van der Waals surface area contributed by atoms with Gasteiger partial charge in [0.1, 0.15) is 5.82 Å². The minimum atomic E-state index is -0.354. The number of nitrogens with one attached hydrogen (secondary N) is 2. The van der Waals surface area contributed by atoms with E-state index in [1.807, 2.05) is 6.08 Å². The molecule has 0 spiro atoms. The van der Waals surface area contributed by atoms with Crippen molar-refractivity contribution in [3.8, 4) is 10.4 Å². The van der Waals surface area contributed by atoms with Gasteiger partial charge in [-0.05, 0) is 49.1 Å². The second-order valence-corrected chi connectivity index (χ2v) is 6.68. The van der Waals surface area contributed by atoms with Crippen LogP contribution in [-0.2, 0) is 4.79 Å². The van der Waals surface area contributed by atoms with Crippen LogP contribution in [0.4, 0.5) is 4.39 Å². The lowest BCUT2D eigenvalue weighted by Gasteiger charge is -2.17. The largest absolute Gasteiger partial charge is 0.279 e. The number of rotatable bonds is 3. The van der Waals surface area contributed by atoms with E-state index < -0.39 is 0 Å². The summed E-state index contributed by atoms with van der Waals surface area (Å²) in [6.07, 6.45) is 6.44. The van der Waals surface area contributed by atoms with Gasteiger partial charge in [-0.25, -0.2) is 4.39 Å². The Bertz CT molecular complexity index is 768. The maximum absolute atomic E-state index is 13.0. The number of thiophene rings is 1. The molecule has 1 heterocycles. The summed E-state index contributed by atoms with van der Waals surface area (Å²) in [4.78, 5) is 25.5. The smallest absolute Gasteiger partial charge is 0.273 e. The summed E-state index contributed by atoms with van der Waals surface area (Å²) in [7, 11) is 0. The molecule has 6 heteroatoms. The van der Waals surface area contributed by atoms with Crippen LogP contribution in [0.3, 0.4) is 0 Å². The van der Waals surface area contributed by atoms with Crippen molar-refractivity contribution in [3.05, 3.63) is 59.2 Å². The van der Waals surface area contributed by atoms with Gasteiger partial charge in [0.2, 0.25) is 5.91 Å². The molecule has 24 heavy (non-hydrogen) atoms. The van der Waals surface area contributed by atoms with E-state index >= 15 is 0 Å². The maximum atomic E-state index is 13.0. The molecule has 1 atom stereocenters. The molecule has 1 unspecified atom stereocenters. The second-order valence-electron chi connectivity index (χ2n) is 5.60. The van der Waals surface area contributed by atoms with Crippen LogP contribution in [0, 0.1) is 11.7 Å². The predicted molar refractivity (Wildman–Crippen MR) is 91.8 cm³/mol. The molecular formula is C18H17FN2O2S. The van der Waals surface area contributed by atoms with E-state index in [1.54, 1.807) is 24.3 Å². The van der Waals surface area contributed by atoms with Gasteiger partial charge in [0.05, 0.1) is 4.88 Å². The summed E-state index contributed by atoms with van der Waals surface area (Å²) in [5, 5.41) is 0. The fraction of sp³-hybridized carbons (Fsp3) is 0.222. The van der Waals surface area contributed by atoms with Crippen molar-refractivity contribution < 1.29 is 14.0 Å². The fourth-order valence-electron chi connectivity index (χ4n) is 2.54. The quantitative estimate of drug-likeness (QED) is 0.659. The Labute approximate surface area is 143 Å². The average molecular weight is 344 g/mol. The van der Waals surface area contributed by atoms with Gasteiger partial charge in [-0.1, -0.05) is 24.3 Å². The Morgan fingerprint density at radius 2 is 1.83 bits per heavy atom. The lowest BCUT2D eigenvalue weighted by molar-refractivity contribution is -0.126. The summed E-state index contributed by atoms with van der Waals surface area (Å²) in [5.41, 5.74) is 5.80. The summed E-state index contributed by atoms with van der Waals surface area (Å²) >= 11 is 1.29. The Hall–Kier alpha value is -2.47. The number of halogens is 1. The zero-order chi connectivity index (χ0) is 16.9. The van der Waals surface area contributed by atoms with Crippen LogP contribution in [0.25, 0.3) is 10.4 Å². The summed E-state index contributed by atoms with van der Waals surface area (Å²) in [6.45, 7) is 0. The third kappa shape index (κ3) is 3.89. The van der Waals surface area contributed by atoms with Gasteiger partial charge in [0, 0.05) is 10.8 Å². The van der Waals surface area contributed by atoms with E-state index in [0.717, 1.165) is 23.3 Å². The van der Waals surface area contributed by atoms with Gasteiger partial charge in [-0.3, -0.25) is 20.4 Å². The highest BCUT2D eigenvalue weighted by molar-refractivity contribution is 7.17. The number of carbonyl (C=O) groups excluding carboxylic acids is 2. The van der Waals surface area contributed by atoms with E-state index in [2.05, 4.69) is 16.9 Å². The zero-order valence-electron chi connectivity index (χ0n) is 12.9. The van der Waals surface area contributed by atoms with Crippen LogP contribution in [0.2, 0.25) is 0 Å². The molecule has 2 aromatic rings. The van der Waals surface area contributed by atoms with Crippen molar-refractivity contribution in [1.29, 1.82) is 0 Å². The van der Waals surface area contributed by atoms with Crippen LogP contribution in [-0.4, -0.2) is 11.8 Å². The molecule has 124 valence electrons. The third-order valence-corrected chi connectivity index (χ3v) is 5.03. The van der Waals surface area contributed by atoms with Gasteiger partial charge in [-0.2, -0.15) is 0 Å². The third-order valence-electron chi connectivity index (χ3n) is 3.90. The van der Waals surface area contributed by atoms with Gasteiger partial charge in [0.25, 0.3) is 5.91 Å². The number of carbonyl (C=O) groups is 2. The normalized spacial score (nSPS) is 16.6. The molecule has 3 rings (SSSR count). The lowest BCUT2D eigenvalue weighted by atomic mass is 9.94. The van der Waals surface area contributed by atoms with Gasteiger partial charge in [0.15, 0.2) is 0 Å². The topological polar surface area (TPSA) is 58.2 Å². The minimum Gasteiger partial charge on any atom is -0.273 e. The van der Waals surface area contributed by atoms with Crippen LogP contribution < -0.4 is 10.9 Å². The molecule has 2 amide bonds. The predicted octanol–water partition coefficient (Wildman–Crippen LogP) is 3.67. The molecule has 0 aliphatic heterocycles. The second kappa shape index (κ2) is 7.40. The molecule has 0 saturated carbocycles. The molecule has 2 N–H and O–H groups in total. The minimum absolute atomic E-state index is 0.0894. The molecule has 1 aromatic carbocycles. The standard InChI is InChI=1S/C18H17FN2O2S/c19-14-8-6-12(7-9-14)15-10-11-16(24-15)18(23)21-20-17(22)13-4-2-1-3-5-13/h1-2,6-11,13H,3-5H2,(H,20,22)(H,21,23). The van der Waals surface area contributed by atoms with Crippen LogP contribution >= 0.6 is 11.3 Å². The van der Waals surface area contributed by atoms with Crippen LogP contribution in [0.15, 0.2) is 48.6 Å². The molecule has 0 fully saturated rings. The zero-order valence-corrected chi connectivity index (χ0v) is 13.7. The highest BCUT2D eigenvalue weighted by Gasteiger charge is 2.19. The number of allylic oxidation sites excluding steroid dienone is 2. The molecule has 1 aromatic heterocycles. The van der Waals surface area contributed by atoms with E-state index in [9.17, 15) is 14.0 Å². The lowest BCUT2D eigenvalue weighted by Crippen LogP contribution is -2.44. The first-order valence-electron chi connectivity index (χ1n) is 7.74. The van der Waals surface area contributed by atoms with Crippen molar-refractivity contribution in [1.82, 2.24) is 10.9 Å². The highest BCUT2D eigenvalue weighted by Crippen LogP contribution is 2.28. The molecule has 1 aliphatic rings. The number of hydrogen-bond donors (Lipinski definition) is 2. The number of hydrazine groups is 1. The Morgan fingerprint density at radius 3 is 2.54 bits per heavy atom. The van der Waals surface area contributed by atoms with Gasteiger partial charge < -0.3 is 0 Å². The number of benzene rings is 1. The van der Waals surface area contributed by atoms with Crippen molar-refractivity contribution in [3.63, 3.8) is 0 Å². The Balaban J connectivity index is 1.58. The van der Waals surface area contributed by atoms with Gasteiger partial charge >= 0.3 is 0 Å². The van der Waals surface area contributed by atoms with Crippen molar-refractivity contribution >= 4 is 23.2 Å². The van der Waals surface area contributed by atoms with Gasteiger partial charge in [-0.15, -0.1) is 11.3 Å². The molecular weight excluding hydrogens is 327 g/mol. The molecule has 0 radical (unpaired) electrons. The maximum Gasteiger partial charge on any atom is 0.279 e. The number of amides is 2. The molecule has 4 nitrogen and oxygen atoms in total. The SMILES string of the molecule is O=C(NNC(=O)C1CC=CCC1)c1ccc(-c2ccc(F)cc2)s1. The first-order chi connectivity index (χ1) is 11.6. The number of hydrogen-bond acceptors (Lipinski definition) is 3. The Morgan fingerprint density at radius 1 is 1.04 bits per heavy atom. The summed E-state index contributed by atoms with van der Waals surface area (Å²) in [6, 6.07) is 9.60. The van der Waals surface area contributed by atoms with E-state index in [-0.39, 0.29) is 23.5 Å². The Kier molecular flexibility index (Phi) is 5.05. The monoisotopic (exact) mass is 344 g/mol. The van der Waals surface area contributed by atoms with E-state index in [1.165, 1.54) is 23.5 Å². The molecule has 0 bridgehead atoms. The van der Waals surface area contributed by atoms with Crippen molar-refractivity contribution in [2.75, 3.05) is 0 Å². The van der Waals surface area contributed by atoms with E-state index in [4.69, 9.17) is 0 Å². The first kappa shape index (κ1) is 16.4.